The Bertz CT molecular complexity index is 471. The summed E-state index contributed by atoms with van der Waals surface area (Å²) in [6, 6.07) is 6.20. The molecule has 2 aromatic rings. The summed E-state index contributed by atoms with van der Waals surface area (Å²) in [5, 5.41) is 0. The average molecular weight is 172 g/mol. The van der Waals surface area contributed by atoms with Crippen LogP contribution in [0.5, 0.6) is 0 Å². The van der Waals surface area contributed by atoms with Crippen LogP contribution in [0.15, 0.2) is 23.0 Å². The lowest BCUT2D eigenvalue weighted by molar-refractivity contribution is 1.39. The third-order valence-electron chi connectivity index (χ3n) is 2.53. The molecule has 0 saturated heterocycles. The lowest BCUT2D eigenvalue weighted by Gasteiger charge is -2.00. The van der Waals surface area contributed by atoms with Gasteiger partial charge in [0.2, 0.25) is 0 Å². The van der Waals surface area contributed by atoms with Crippen LogP contribution in [0.1, 0.15) is 16.7 Å². The maximum Gasteiger partial charge on any atom is 0.190 e. The van der Waals surface area contributed by atoms with Crippen LogP contribution in [-0.2, 0) is 0 Å². The van der Waals surface area contributed by atoms with Gasteiger partial charge in [-0.2, -0.15) is 0 Å². The minimum Gasteiger partial charge on any atom is -0.289 e. The number of hydrogen-bond acceptors (Lipinski definition) is 1. The molecule has 0 N–H and O–H groups in total. The second kappa shape index (κ2) is 2.56. The van der Waals surface area contributed by atoms with E-state index in [0.717, 1.165) is 16.7 Å². The van der Waals surface area contributed by atoms with Gasteiger partial charge in [0, 0.05) is 11.1 Å². The summed E-state index contributed by atoms with van der Waals surface area (Å²) in [6.07, 6.45) is 0. The summed E-state index contributed by atoms with van der Waals surface area (Å²) < 4.78 is 0. The highest BCUT2D eigenvalue weighted by molar-refractivity contribution is 5.78. The maximum atomic E-state index is 11.2. The van der Waals surface area contributed by atoms with Crippen molar-refractivity contribution in [1.82, 2.24) is 0 Å². The van der Waals surface area contributed by atoms with Crippen molar-refractivity contribution < 1.29 is 0 Å². The zero-order chi connectivity index (χ0) is 9.59. The van der Waals surface area contributed by atoms with Crippen molar-refractivity contribution in [3.63, 3.8) is 0 Å². The summed E-state index contributed by atoms with van der Waals surface area (Å²) in [4.78, 5) is 11.2. The zero-order valence-electron chi connectivity index (χ0n) is 8.14. The first kappa shape index (κ1) is 8.24. The lowest BCUT2D eigenvalue weighted by atomic mass is 10.0. The number of hydrogen-bond donors (Lipinski definition) is 0. The van der Waals surface area contributed by atoms with Crippen LogP contribution in [0, 0.1) is 20.8 Å². The second-order valence-electron chi connectivity index (χ2n) is 3.65. The highest BCUT2D eigenvalue weighted by Gasteiger charge is 2.20. The number of benzene rings is 1. The van der Waals surface area contributed by atoms with Crippen molar-refractivity contribution >= 4 is 0 Å². The van der Waals surface area contributed by atoms with Crippen LogP contribution in [0.2, 0.25) is 0 Å². The van der Waals surface area contributed by atoms with Gasteiger partial charge in [-0.15, -0.1) is 0 Å². The largest absolute Gasteiger partial charge is 0.289 e. The predicted molar refractivity (Wildman–Crippen MR) is 54.7 cm³/mol. The van der Waals surface area contributed by atoms with Crippen LogP contribution in [0.4, 0.5) is 0 Å². The van der Waals surface area contributed by atoms with E-state index in [-0.39, 0.29) is 5.43 Å². The van der Waals surface area contributed by atoms with Gasteiger partial charge in [-0.3, -0.25) is 4.79 Å². The van der Waals surface area contributed by atoms with Crippen LogP contribution < -0.4 is 5.43 Å². The highest BCUT2D eigenvalue weighted by atomic mass is 16.1. The Morgan fingerprint density at radius 3 is 2.15 bits per heavy atom. The molecule has 0 aliphatic carbocycles. The molecule has 0 bridgehead atoms. The average Bonchev–Trinajstić information content (AvgIpc) is 2.61. The van der Waals surface area contributed by atoms with Crippen LogP contribution in [0.25, 0.3) is 11.1 Å². The Morgan fingerprint density at radius 1 is 1.08 bits per heavy atom. The van der Waals surface area contributed by atoms with Gasteiger partial charge in [-0.25, -0.2) is 0 Å². The molecular weight excluding hydrogens is 160 g/mol. The van der Waals surface area contributed by atoms with Crippen molar-refractivity contribution in [2.75, 3.05) is 0 Å². The third kappa shape index (κ3) is 1.21. The quantitative estimate of drug-likeness (QED) is 0.646. The monoisotopic (exact) mass is 172 g/mol. The van der Waals surface area contributed by atoms with E-state index in [0.29, 0.717) is 0 Å². The van der Waals surface area contributed by atoms with Gasteiger partial charge in [0.05, 0.1) is 0 Å². The summed E-state index contributed by atoms with van der Waals surface area (Å²) in [7, 11) is 0. The number of rotatable bonds is 1. The van der Waals surface area contributed by atoms with Gasteiger partial charge in [-0.05, 0) is 31.9 Å². The molecule has 0 aliphatic heterocycles. The third-order valence-corrected chi connectivity index (χ3v) is 2.53. The van der Waals surface area contributed by atoms with Crippen molar-refractivity contribution in [2.45, 2.75) is 20.8 Å². The minimum atomic E-state index is 0.229. The predicted octanol–water partition coefficient (Wildman–Crippen LogP) is 2.51. The van der Waals surface area contributed by atoms with E-state index in [1.807, 2.05) is 26.0 Å². The van der Waals surface area contributed by atoms with Gasteiger partial charge < -0.3 is 0 Å². The second-order valence-corrected chi connectivity index (χ2v) is 3.65. The summed E-state index contributed by atoms with van der Waals surface area (Å²) in [6.45, 7) is 6.00. The molecule has 0 spiro atoms. The van der Waals surface area contributed by atoms with Crippen molar-refractivity contribution in [3.05, 3.63) is 45.1 Å². The summed E-state index contributed by atoms with van der Waals surface area (Å²) in [5.74, 6) is 0. The molecule has 66 valence electrons. The molecule has 2 rings (SSSR count). The van der Waals surface area contributed by atoms with Gasteiger partial charge >= 0.3 is 0 Å². The van der Waals surface area contributed by atoms with Crippen molar-refractivity contribution in [1.29, 1.82) is 0 Å². The molecule has 0 heterocycles. The Balaban J connectivity index is 2.55. The Kier molecular flexibility index (Phi) is 1.62. The smallest absolute Gasteiger partial charge is 0.190 e. The Hall–Kier alpha value is -1.37. The molecule has 1 heteroatoms. The molecule has 0 unspecified atom stereocenters. The molecule has 1 nitrogen and oxygen atoms in total. The molecular formula is C12H12O. The standard InChI is InChI=1S/C12H12O/c1-7-4-5-10(8(2)6-7)11-9(3)12(11)13/h4-6H,1-3H3. The van der Waals surface area contributed by atoms with Crippen molar-refractivity contribution in [2.24, 2.45) is 0 Å². The van der Waals surface area contributed by atoms with E-state index in [4.69, 9.17) is 0 Å². The first-order valence-corrected chi connectivity index (χ1v) is 4.44. The van der Waals surface area contributed by atoms with Gasteiger partial charge in [0.15, 0.2) is 5.43 Å². The fourth-order valence-corrected chi connectivity index (χ4v) is 1.68. The first-order chi connectivity index (χ1) is 6.11. The van der Waals surface area contributed by atoms with Gasteiger partial charge in [-0.1, -0.05) is 23.8 Å². The summed E-state index contributed by atoms with van der Waals surface area (Å²) >= 11 is 0. The fourth-order valence-electron chi connectivity index (χ4n) is 1.68. The van der Waals surface area contributed by atoms with Gasteiger partial charge in [0.1, 0.15) is 0 Å². The van der Waals surface area contributed by atoms with Crippen LogP contribution >= 0.6 is 0 Å². The topological polar surface area (TPSA) is 17.1 Å². The molecule has 0 aromatic heterocycles. The van der Waals surface area contributed by atoms with E-state index in [1.54, 1.807) is 0 Å². The van der Waals surface area contributed by atoms with Gasteiger partial charge in [0.25, 0.3) is 0 Å². The minimum absolute atomic E-state index is 0.229. The SMILES string of the molecule is Cc1ccc(-c2c(C)c2=O)c(C)c1. The molecule has 0 atom stereocenters. The highest BCUT2D eigenvalue weighted by Crippen LogP contribution is 2.27. The first-order valence-electron chi connectivity index (χ1n) is 4.44. The maximum absolute atomic E-state index is 11.2. The Morgan fingerprint density at radius 2 is 1.69 bits per heavy atom. The van der Waals surface area contributed by atoms with E-state index in [2.05, 4.69) is 13.0 Å². The lowest BCUT2D eigenvalue weighted by Crippen LogP contribution is -1.83. The van der Waals surface area contributed by atoms with E-state index >= 15 is 0 Å². The van der Waals surface area contributed by atoms with Crippen molar-refractivity contribution in [3.8, 4) is 11.1 Å². The molecule has 2 aromatic carbocycles. The molecule has 0 aliphatic rings. The van der Waals surface area contributed by atoms with Crippen LogP contribution in [0.3, 0.4) is 0 Å². The van der Waals surface area contributed by atoms with E-state index in [9.17, 15) is 4.79 Å². The Labute approximate surface area is 77.7 Å². The normalized spacial score (nSPS) is 11.0. The number of aryl methyl sites for hydroxylation is 2. The molecule has 0 fully saturated rings. The fraction of sp³-hybridized carbons (Fsp3) is 0.250. The van der Waals surface area contributed by atoms with E-state index in [1.165, 1.54) is 11.1 Å². The molecule has 13 heavy (non-hydrogen) atoms. The zero-order valence-corrected chi connectivity index (χ0v) is 8.14. The van der Waals surface area contributed by atoms with E-state index < -0.39 is 0 Å². The van der Waals surface area contributed by atoms with Crippen LogP contribution in [-0.4, -0.2) is 0 Å². The summed E-state index contributed by atoms with van der Waals surface area (Å²) in [5.41, 5.74) is 5.62. The molecule has 0 amide bonds. The molecule has 0 radical (unpaired) electrons. The molecule has 0 saturated carbocycles.